The number of carbonyl (C=O) groups is 1. The van der Waals surface area contributed by atoms with Crippen LogP contribution in [0.3, 0.4) is 0 Å². The number of nitrogens with one attached hydrogen (secondary N) is 1. The Morgan fingerprint density at radius 3 is 2.57 bits per heavy atom. The van der Waals surface area contributed by atoms with E-state index in [1.54, 1.807) is 7.11 Å². The van der Waals surface area contributed by atoms with Crippen LogP contribution < -0.4 is 5.32 Å². The zero-order valence-corrected chi connectivity index (χ0v) is 9.38. The van der Waals surface area contributed by atoms with Gasteiger partial charge in [-0.05, 0) is 25.4 Å². The Morgan fingerprint density at radius 2 is 2.14 bits per heavy atom. The highest BCUT2D eigenvalue weighted by atomic mass is 16.5. The Morgan fingerprint density at radius 1 is 1.50 bits per heavy atom. The van der Waals surface area contributed by atoms with Crippen LogP contribution in [-0.4, -0.2) is 32.6 Å². The molecular weight excluding hydrogens is 178 g/mol. The number of rotatable bonds is 6. The molecule has 1 fully saturated rings. The summed E-state index contributed by atoms with van der Waals surface area (Å²) in [5.74, 6) is 1.31. The van der Waals surface area contributed by atoms with E-state index in [-0.39, 0.29) is 11.8 Å². The molecule has 82 valence electrons. The van der Waals surface area contributed by atoms with Gasteiger partial charge in [-0.25, -0.2) is 0 Å². The van der Waals surface area contributed by atoms with Crippen molar-refractivity contribution in [2.75, 3.05) is 26.8 Å². The van der Waals surface area contributed by atoms with E-state index in [0.29, 0.717) is 18.3 Å². The van der Waals surface area contributed by atoms with Crippen molar-refractivity contribution >= 4 is 5.78 Å². The van der Waals surface area contributed by atoms with E-state index < -0.39 is 0 Å². The topological polar surface area (TPSA) is 38.3 Å². The van der Waals surface area contributed by atoms with Crippen LogP contribution >= 0.6 is 0 Å². The second-order valence-corrected chi connectivity index (χ2v) is 4.29. The minimum atomic E-state index is 0.144. The number of ether oxygens (including phenoxy) is 1. The fourth-order valence-electron chi connectivity index (χ4n) is 1.78. The molecule has 0 aromatic heterocycles. The van der Waals surface area contributed by atoms with Gasteiger partial charge in [-0.2, -0.15) is 0 Å². The third kappa shape index (κ3) is 2.79. The van der Waals surface area contributed by atoms with E-state index in [2.05, 4.69) is 12.2 Å². The highest BCUT2D eigenvalue weighted by Gasteiger charge is 2.30. The Bertz CT molecular complexity index is 190. The summed E-state index contributed by atoms with van der Waals surface area (Å²) in [6.07, 6.45) is 0.847. The van der Waals surface area contributed by atoms with Gasteiger partial charge in [0.2, 0.25) is 0 Å². The lowest BCUT2D eigenvalue weighted by Gasteiger charge is -2.33. The lowest BCUT2D eigenvalue weighted by atomic mass is 9.81. The lowest BCUT2D eigenvalue weighted by Crippen LogP contribution is -2.48. The van der Waals surface area contributed by atoms with Crippen molar-refractivity contribution < 1.29 is 9.53 Å². The van der Waals surface area contributed by atoms with E-state index >= 15 is 0 Å². The third-order valence-electron chi connectivity index (χ3n) is 3.21. The maximum atomic E-state index is 11.9. The molecule has 3 heteroatoms. The molecule has 0 amide bonds. The molecule has 1 rings (SSSR count). The van der Waals surface area contributed by atoms with Crippen LogP contribution in [0.25, 0.3) is 0 Å². The SMILES string of the molecule is COCCC(C)C(=O)C(C)C1CNC1. The van der Waals surface area contributed by atoms with Crippen LogP contribution in [0.4, 0.5) is 0 Å². The lowest BCUT2D eigenvalue weighted by molar-refractivity contribution is -0.128. The molecule has 2 atom stereocenters. The Labute approximate surface area is 86.2 Å². The maximum Gasteiger partial charge on any atom is 0.138 e. The molecule has 0 aromatic carbocycles. The molecule has 0 aromatic rings. The normalized spacial score (nSPS) is 21.4. The first-order chi connectivity index (χ1) is 6.66. The third-order valence-corrected chi connectivity index (χ3v) is 3.21. The van der Waals surface area contributed by atoms with Crippen molar-refractivity contribution in [2.45, 2.75) is 20.3 Å². The number of ketones is 1. The average molecular weight is 199 g/mol. The molecular formula is C11H21NO2. The number of hydrogen-bond donors (Lipinski definition) is 1. The Kier molecular flexibility index (Phi) is 4.55. The smallest absolute Gasteiger partial charge is 0.138 e. The predicted molar refractivity (Wildman–Crippen MR) is 56.2 cm³/mol. The average Bonchev–Trinajstić information content (AvgIpc) is 2.10. The maximum absolute atomic E-state index is 11.9. The fraction of sp³-hybridized carbons (Fsp3) is 0.909. The first kappa shape index (κ1) is 11.7. The first-order valence-corrected chi connectivity index (χ1v) is 5.40. The van der Waals surface area contributed by atoms with Gasteiger partial charge in [-0.1, -0.05) is 13.8 Å². The first-order valence-electron chi connectivity index (χ1n) is 5.40. The summed E-state index contributed by atoms with van der Waals surface area (Å²) in [6, 6.07) is 0. The molecule has 1 aliphatic rings. The molecule has 1 aliphatic heterocycles. The van der Waals surface area contributed by atoms with E-state index in [9.17, 15) is 4.79 Å². The van der Waals surface area contributed by atoms with Crippen LogP contribution in [0.15, 0.2) is 0 Å². The molecule has 0 radical (unpaired) electrons. The van der Waals surface area contributed by atoms with E-state index in [4.69, 9.17) is 4.74 Å². The Hall–Kier alpha value is -0.410. The summed E-state index contributed by atoms with van der Waals surface area (Å²) in [4.78, 5) is 11.9. The van der Waals surface area contributed by atoms with Gasteiger partial charge < -0.3 is 10.1 Å². The van der Waals surface area contributed by atoms with Crippen LogP contribution in [0, 0.1) is 17.8 Å². The summed E-state index contributed by atoms with van der Waals surface area (Å²) in [5.41, 5.74) is 0. The van der Waals surface area contributed by atoms with Gasteiger partial charge in [-0.3, -0.25) is 4.79 Å². The van der Waals surface area contributed by atoms with Crippen molar-refractivity contribution in [1.82, 2.24) is 5.32 Å². The number of hydrogen-bond acceptors (Lipinski definition) is 3. The van der Waals surface area contributed by atoms with Crippen molar-refractivity contribution in [2.24, 2.45) is 17.8 Å². The van der Waals surface area contributed by atoms with Crippen molar-refractivity contribution in [3.63, 3.8) is 0 Å². The minimum absolute atomic E-state index is 0.144. The van der Waals surface area contributed by atoms with Gasteiger partial charge in [0.05, 0.1) is 0 Å². The number of Topliss-reactive ketones (excluding diaryl/α,β-unsaturated/α-hetero) is 1. The van der Waals surface area contributed by atoms with E-state index in [0.717, 1.165) is 19.5 Å². The summed E-state index contributed by atoms with van der Waals surface area (Å²) in [7, 11) is 1.68. The van der Waals surface area contributed by atoms with E-state index in [1.807, 2.05) is 6.92 Å². The second-order valence-electron chi connectivity index (χ2n) is 4.29. The van der Waals surface area contributed by atoms with Gasteiger partial charge in [0.25, 0.3) is 0 Å². The summed E-state index contributed by atoms with van der Waals surface area (Å²) < 4.78 is 4.98. The van der Waals surface area contributed by atoms with Gasteiger partial charge in [0.1, 0.15) is 5.78 Å². The quantitative estimate of drug-likeness (QED) is 0.695. The number of carbonyl (C=O) groups excluding carboxylic acids is 1. The molecule has 2 unspecified atom stereocenters. The molecule has 1 N–H and O–H groups in total. The molecule has 14 heavy (non-hydrogen) atoms. The molecule has 0 spiro atoms. The number of methoxy groups -OCH3 is 1. The van der Waals surface area contributed by atoms with Crippen LogP contribution in [0.2, 0.25) is 0 Å². The van der Waals surface area contributed by atoms with Crippen LogP contribution in [0.1, 0.15) is 20.3 Å². The second kappa shape index (κ2) is 5.47. The summed E-state index contributed by atoms with van der Waals surface area (Å²) in [5, 5.41) is 3.20. The minimum Gasteiger partial charge on any atom is -0.385 e. The van der Waals surface area contributed by atoms with Crippen LogP contribution in [0.5, 0.6) is 0 Å². The van der Waals surface area contributed by atoms with Gasteiger partial charge in [-0.15, -0.1) is 0 Å². The monoisotopic (exact) mass is 199 g/mol. The van der Waals surface area contributed by atoms with E-state index in [1.165, 1.54) is 0 Å². The summed E-state index contributed by atoms with van der Waals surface area (Å²) >= 11 is 0. The summed E-state index contributed by atoms with van der Waals surface area (Å²) in [6.45, 7) is 6.75. The highest BCUT2D eigenvalue weighted by molar-refractivity contribution is 5.83. The Balaban J connectivity index is 2.30. The van der Waals surface area contributed by atoms with Crippen molar-refractivity contribution in [3.8, 4) is 0 Å². The van der Waals surface area contributed by atoms with Crippen molar-refractivity contribution in [3.05, 3.63) is 0 Å². The fourth-order valence-corrected chi connectivity index (χ4v) is 1.78. The molecule has 0 bridgehead atoms. The zero-order valence-electron chi connectivity index (χ0n) is 9.38. The molecule has 1 heterocycles. The van der Waals surface area contributed by atoms with Gasteiger partial charge >= 0.3 is 0 Å². The zero-order chi connectivity index (χ0) is 10.6. The van der Waals surface area contributed by atoms with Gasteiger partial charge in [0, 0.05) is 25.6 Å². The molecule has 0 saturated carbocycles. The highest BCUT2D eigenvalue weighted by Crippen LogP contribution is 2.21. The van der Waals surface area contributed by atoms with Crippen LogP contribution in [-0.2, 0) is 9.53 Å². The van der Waals surface area contributed by atoms with Gasteiger partial charge in [0.15, 0.2) is 0 Å². The molecule has 3 nitrogen and oxygen atoms in total. The standard InChI is InChI=1S/C11H21NO2/c1-8(4-5-14-3)11(13)9(2)10-6-12-7-10/h8-10,12H,4-7H2,1-3H3. The molecule has 0 aliphatic carbocycles. The molecule has 1 saturated heterocycles. The predicted octanol–water partition coefficient (Wildman–Crippen LogP) is 1.08. The largest absolute Gasteiger partial charge is 0.385 e. The van der Waals surface area contributed by atoms with Crippen molar-refractivity contribution in [1.29, 1.82) is 0 Å².